The van der Waals surface area contributed by atoms with Gasteiger partial charge in [-0.3, -0.25) is 0 Å². The van der Waals surface area contributed by atoms with Gasteiger partial charge < -0.3 is 9.64 Å². The van der Waals surface area contributed by atoms with E-state index in [9.17, 15) is 4.79 Å². The number of rotatable bonds is 0. The largest absolute Gasteiger partial charge is 0.444 e. The molecule has 0 unspecified atom stereocenters. The molecule has 2 rings (SSSR count). The van der Waals surface area contributed by atoms with Gasteiger partial charge in [0, 0.05) is 13.1 Å². The normalized spacial score (nSPS) is 24.1. The summed E-state index contributed by atoms with van der Waals surface area (Å²) in [5, 5.41) is 0. The van der Waals surface area contributed by atoms with E-state index in [-0.39, 0.29) is 11.7 Å². The lowest BCUT2D eigenvalue weighted by molar-refractivity contribution is 0.00320. The monoisotopic (exact) mass is 243 g/mol. The molecule has 0 aromatic rings. The average molecular weight is 243 g/mol. The van der Waals surface area contributed by atoms with Crippen molar-refractivity contribution in [1.29, 1.82) is 0 Å². The van der Waals surface area contributed by atoms with Crippen LogP contribution >= 0.6 is 11.8 Å². The molecule has 0 atom stereocenters. The van der Waals surface area contributed by atoms with Crippen LogP contribution in [0.15, 0.2) is 0 Å². The Morgan fingerprint density at radius 1 is 1.31 bits per heavy atom. The van der Waals surface area contributed by atoms with Crippen molar-refractivity contribution in [3.05, 3.63) is 0 Å². The lowest BCUT2D eigenvalue weighted by atomic mass is 9.92. The molecule has 0 saturated carbocycles. The van der Waals surface area contributed by atoms with E-state index in [0.717, 1.165) is 13.1 Å². The molecule has 0 aromatic carbocycles. The van der Waals surface area contributed by atoms with Crippen LogP contribution in [0.5, 0.6) is 0 Å². The van der Waals surface area contributed by atoms with Crippen LogP contribution in [0.25, 0.3) is 0 Å². The fourth-order valence-corrected chi connectivity index (χ4v) is 3.83. The number of likely N-dealkylation sites (tertiary alicyclic amines) is 1. The second-order valence-electron chi connectivity index (χ2n) is 5.82. The van der Waals surface area contributed by atoms with Crippen LogP contribution in [-0.4, -0.2) is 40.2 Å². The SMILES string of the molecule is CC(C)(C)OC(=O)N1CC2(CCCCS2)C1. The first-order valence-electron chi connectivity index (χ1n) is 6.02. The van der Waals surface area contributed by atoms with Gasteiger partial charge in [0.05, 0.1) is 4.75 Å². The van der Waals surface area contributed by atoms with Gasteiger partial charge in [-0.05, 0) is 39.4 Å². The zero-order chi connectivity index (χ0) is 11.8. The number of carbonyl (C=O) groups is 1. The molecule has 1 spiro atoms. The summed E-state index contributed by atoms with van der Waals surface area (Å²) in [7, 11) is 0. The maximum Gasteiger partial charge on any atom is 0.410 e. The van der Waals surface area contributed by atoms with E-state index in [1.54, 1.807) is 0 Å². The van der Waals surface area contributed by atoms with Gasteiger partial charge in [-0.2, -0.15) is 11.8 Å². The minimum Gasteiger partial charge on any atom is -0.444 e. The molecule has 92 valence electrons. The summed E-state index contributed by atoms with van der Waals surface area (Å²) in [5.41, 5.74) is -0.375. The summed E-state index contributed by atoms with van der Waals surface area (Å²) < 4.78 is 5.72. The molecule has 0 aromatic heterocycles. The molecule has 2 aliphatic heterocycles. The Balaban J connectivity index is 1.81. The van der Waals surface area contributed by atoms with Crippen LogP contribution in [-0.2, 0) is 4.74 Å². The molecule has 2 aliphatic rings. The van der Waals surface area contributed by atoms with Crippen LogP contribution < -0.4 is 0 Å². The third-order valence-electron chi connectivity index (χ3n) is 3.04. The summed E-state index contributed by atoms with van der Waals surface area (Å²) in [6.45, 7) is 7.50. The smallest absolute Gasteiger partial charge is 0.410 e. The summed E-state index contributed by atoms with van der Waals surface area (Å²) in [4.78, 5) is 13.6. The number of carbonyl (C=O) groups excluding carboxylic acids is 1. The van der Waals surface area contributed by atoms with E-state index in [1.165, 1.54) is 25.0 Å². The molecular weight excluding hydrogens is 222 g/mol. The molecule has 3 nitrogen and oxygen atoms in total. The van der Waals surface area contributed by atoms with Gasteiger partial charge in [0.25, 0.3) is 0 Å². The summed E-state index contributed by atoms with van der Waals surface area (Å²) in [5.74, 6) is 1.25. The van der Waals surface area contributed by atoms with Crippen molar-refractivity contribution in [2.24, 2.45) is 0 Å². The van der Waals surface area contributed by atoms with Gasteiger partial charge in [-0.1, -0.05) is 6.42 Å². The fourth-order valence-electron chi connectivity index (χ4n) is 2.26. The van der Waals surface area contributed by atoms with E-state index < -0.39 is 0 Å². The molecular formula is C12H21NO2S. The highest BCUT2D eigenvalue weighted by Gasteiger charge is 2.47. The number of ether oxygens (including phenoxy) is 1. The third-order valence-corrected chi connectivity index (χ3v) is 4.61. The number of hydrogen-bond donors (Lipinski definition) is 0. The van der Waals surface area contributed by atoms with Crippen LogP contribution in [0.1, 0.15) is 40.0 Å². The summed E-state index contributed by atoms with van der Waals surface area (Å²) >= 11 is 2.04. The lowest BCUT2D eigenvalue weighted by Crippen LogP contribution is -2.62. The van der Waals surface area contributed by atoms with E-state index in [2.05, 4.69) is 0 Å². The number of nitrogens with zero attached hydrogens (tertiary/aromatic N) is 1. The standard InChI is InChI=1S/C12H21NO2S/c1-11(2,3)15-10(14)13-8-12(9-13)6-4-5-7-16-12/h4-9H2,1-3H3. The Hall–Kier alpha value is -0.380. The van der Waals surface area contributed by atoms with Crippen molar-refractivity contribution in [2.45, 2.75) is 50.4 Å². The van der Waals surface area contributed by atoms with Gasteiger partial charge in [-0.15, -0.1) is 0 Å². The Morgan fingerprint density at radius 2 is 2.00 bits per heavy atom. The fraction of sp³-hybridized carbons (Fsp3) is 0.917. The first-order chi connectivity index (χ1) is 7.40. The highest BCUT2D eigenvalue weighted by Crippen LogP contribution is 2.43. The zero-order valence-corrected chi connectivity index (χ0v) is 11.2. The third kappa shape index (κ3) is 2.65. The minimum absolute atomic E-state index is 0.149. The first kappa shape index (κ1) is 12.1. The summed E-state index contributed by atoms with van der Waals surface area (Å²) in [6.07, 6.45) is 3.76. The van der Waals surface area contributed by atoms with Crippen LogP contribution in [0.3, 0.4) is 0 Å². The highest BCUT2D eigenvalue weighted by molar-refractivity contribution is 8.00. The molecule has 0 aliphatic carbocycles. The zero-order valence-electron chi connectivity index (χ0n) is 10.4. The Morgan fingerprint density at radius 3 is 2.50 bits per heavy atom. The second kappa shape index (κ2) is 4.13. The van der Waals surface area contributed by atoms with Crippen molar-refractivity contribution in [3.63, 3.8) is 0 Å². The van der Waals surface area contributed by atoms with E-state index >= 15 is 0 Å². The number of amides is 1. The first-order valence-corrected chi connectivity index (χ1v) is 7.01. The molecule has 1 amide bonds. The van der Waals surface area contributed by atoms with Crippen LogP contribution in [0.4, 0.5) is 4.79 Å². The van der Waals surface area contributed by atoms with E-state index in [1.807, 2.05) is 37.4 Å². The number of hydrogen-bond acceptors (Lipinski definition) is 3. The molecule has 4 heteroatoms. The lowest BCUT2D eigenvalue weighted by Gasteiger charge is -2.51. The predicted octanol–water partition coefficient (Wildman–Crippen LogP) is 2.89. The molecule has 0 bridgehead atoms. The maximum atomic E-state index is 11.8. The summed E-state index contributed by atoms with van der Waals surface area (Å²) in [6, 6.07) is 0. The Kier molecular flexibility index (Phi) is 3.12. The van der Waals surface area contributed by atoms with Gasteiger partial charge in [-0.25, -0.2) is 4.79 Å². The van der Waals surface area contributed by atoms with Crippen molar-refractivity contribution in [2.75, 3.05) is 18.8 Å². The van der Waals surface area contributed by atoms with Gasteiger partial charge in [0.2, 0.25) is 0 Å². The Bertz CT molecular complexity index is 271. The van der Waals surface area contributed by atoms with Crippen LogP contribution in [0, 0.1) is 0 Å². The van der Waals surface area contributed by atoms with Gasteiger partial charge in [0.15, 0.2) is 0 Å². The highest BCUT2D eigenvalue weighted by atomic mass is 32.2. The molecule has 2 fully saturated rings. The molecule has 2 saturated heterocycles. The Labute approximate surface area is 102 Å². The van der Waals surface area contributed by atoms with Crippen molar-refractivity contribution >= 4 is 17.9 Å². The quantitative estimate of drug-likeness (QED) is 0.655. The van der Waals surface area contributed by atoms with Crippen molar-refractivity contribution < 1.29 is 9.53 Å². The maximum absolute atomic E-state index is 11.8. The predicted molar refractivity (Wildman–Crippen MR) is 66.8 cm³/mol. The molecule has 0 radical (unpaired) electrons. The van der Waals surface area contributed by atoms with Crippen LogP contribution in [0.2, 0.25) is 0 Å². The van der Waals surface area contributed by atoms with E-state index in [4.69, 9.17) is 4.74 Å². The average Bonchev–Trinajstić information content (AvgIpc) is 2.12. The van der Waals surface area contributed by atoms with Crippen molar-refractivity contribution in [3.8, 4) is 0 Å². The van der Waals surface area contributed by atoms with Gasteiger partial charge in [0.1, 0.15) is 5.60 Å². The van der Waals surface area contributed by atoms with Gasteiger partial charge >= 0.3 is 6.09 Å². The number of thioether (sulfide) groups is 1. The van der Waals surface area contributed by atoms with Crippen molar-refractivity contribution in [1.82, 2.24) is 4.90 Å². The molecule has 16 heavy (non-hydrogen) atoms. The minimum atomic E-state index is -0.375. The molecule has 2 heterocycles. The van der Waals surface area contributed by atoms with E-state index in [0.29, 0.717) is 4.75 Å². The molecule has 0 N–H and O–H groups in total. The second-order valence-corrected chi connectivity index (χ2v) is 7.39. The topological polar surface area (TPSA) is 29.5 Å².